The molecule has 0 saturated carbocycles. The number of ether oxygens (including phenoxy) is 1. The molecule has 0 spiro atoms. The number of aryl methyl sites for hydroxylation is 1. The van der Waals surface area contributed by atoms with Gasteiger partial charge in [0.15, 0.2) is 0 Å². The number of carbonyl (C=O) groups is 1. The van der Waals surface area contributed by atoms with E-state index in [1.165, 1.54) is 6.07 Å². The minimum Gasteiger partial charge on any atom is -0.444 e. The molecule has 0 aromatic heterocycles. The van der Waals surface area contributed by atoms with Gasteiger partial charge in [-0.1, -0.05) is 17.7 Å². The minimum absolute atomic E-state index is 0.143. The van der Waals surface area contributed by atoms with Crippen molar-refractivity contribution in [2.45, 2.75) is 24.3 Å². The van der Waals surface area contributed by atoms with E-state index in [-0.39, 0.29) is 11.3 Å². The van der Waals surface area contributed by atoms with Crippen LogP contribution in [0.25, 0.3) is 0 Å². The molecule has 2 rings (SSSR count). The van der Waals surface area contributed by atoms with Crippen molar-refractivity contribution in [1.29, 1.82) is 0 Å². The van der Waals surface area contributed by atoms with Crippen LogP contribution in [0.1, 0.15) is 11.1 Å². The van der Waals surface area contributed by atoms with Gasteiger partial charge in [0.2, 0.25) is 0 Å². The Kier molecular flexibility index (Phi) is 3.27. The van der Waals surface area contributed by atoms with E-state index in [4.69, 9.17) is 9.29 Å². The van der Waals surface area contributed by atoms with Crippen LogP contribution in [0.4, 0.5) is 4.79 Å². The number of hydrogen-bond donors (Lipinski definition) is 2. The lowest BCUT2D eigenvalue weighted by atomic mass is 10.1. The molecule has 1 aromatic carbocycles. The molecular weight excluding hydrogens is 258 g/mol. The van der Waals surface area contributed by atoms with E-state index in [9.17, 15) is 13.2 Å². The van der Waals surface area contributed by atoms with Crippen LogP contribution in [-0.2, 0) is 21.3 Å². The molecule has 18 heavy (non-hydrogen) atoms. The van der Waals surface area contributed by atoms with Crippen molar-refractivity contribution in [3.05, 3.63) is 29.3 Å². The molecule has 1 aliphatic heterocycles. The van der Waals surface area contributed by atoms with Gasteiger partial charge in [0.05, 0.1) is 11.4 Å². The number of rotatable bonds is 3. The highest BCUT2D eigenvalue weighted by Gasteiger charge is 2.25. The molecule has 0 aliphatic carbocycles. The Labute approximate surface area is 105 Å². The van der Waals surface area contributed by atoms with Gasteiger partial charge in [-0.25, -0.2) is 4.79 Å². The fourth-order valence-corrected chi connectivity index (χ4v) is 2.62. The lowest BCUT2D eigenvalue weighted by Crippen LogP contribution is -2.18. The molecule has 1 fully saturated rings. The number of benzene rings is 1. The highest BCUT2D eigenvalue weighted by Crippen LogP contribution is 2.20. The van der Waals surface area contributed by atoms with Crippen molar-refractivity contribution in [1.82, 2.24) is 5.32 Å². The first-order chi connectivity index (χ1) is 8.36. The van der Waals surface area contributed by atoms with E-state index >= 15 is 0 Å². The average Bonchev–Trinajstić information content (AvgIpc) is 2.62. The first-order valence-corrected chi connectivity index (χ1v) is 6.82. The zero-order chi connectivity index (χ0) is 13.3. The number of hydrogen-bond acceptors (Lipinski definition) is 4. The summed E-state index contributed by atoms with van der Waals surface area (Å²) in [6, 6.07) is 4.62. The largest absolute Gasteiger partial charge is 0.444 e. The normalized spacial score (nSPS) is 19.4. The highest BCUT2D eigenvalue weighted by atomic mass is 32.2. The summed E-state index contributed by atoms with van der Waals surface area (Å²) in [7, 11) is -4.27. The molecule has 0 bridgehead atoms. The Morgan fingerprint density at radius 2 is 2.22 bits per heavy atom. The number of carbonyl (C=O) groups excluding carboxylic acids is 1. The van der Waals surface area contributed by atoms with Crippen LogP contribution in [0.2, 0.25) is 0 Å². The highest BCUT2D eigenvalue weighted by molar-refractivity contribution is 7.85. The topological polar surface area (TPSA) is 92.7 Å². The third-order valence-electron chi connectivity index (χ3n) is 2.69. The smallest absolute Gasteiger partial charge is 0.407 e. The summed E-state index contributed by atoms with van der Waals surface area (Å²) in [6.45, 7) is 2.15. The Bertz CT molecular complexity index is 581. The zero-order valence-electron chi connectivity index (χ0n) is 9.71. The summed E-state index contributed by atoms with van der Waals surface area (Å²) in [5.41, 5.74) is 1.31. The molecule has 1 amide bonds. The Balaban J connectivity index is 2.31. The lowest BCUT2D eigenvalue weighted by Gasteiger charge is -2.11. The van der Waals surface area contributed by atoms with E-state index in [0.717, 1.165) is 5.56 Å². The summed E-state index contributed by atoms with van der Waals surface area (Å²) in [6.07, 6.45) is -0.684. The summed E-state index contributed by atoms with van der Waals surface area (Å²) >= 11 is 0. The number of alkyl carbamates (subject to hydrolysis) is 1. The maximum atomic E-state index is 11.2. The quantitative estimate of drug-likeness (QED) is 0.796. The van der Waals surface area contributed by atoms with Crippen LogP contribution in [-0.4, -0.2) is 31.7 Å². The van der Waals surface area contributed by atoms with Crippen LogP contribution < -0.4 is 5.32 Å². The van der Waals surface area contributed by atoms with E-state index in [2.05, 4.69) is 5.32 Å². The summed E-state index contributed by atoms with van der Waals surface area (Å²) < 4.78 is 36.6. The second kappa shape index (κ2) is 4.58. The second-order valence-electron chi connectivity index (χ2n) is 4.20. The van der Waals surface area contributed by atoms with Crippen LogP contribution in [0.3, 0.4) is 0 Å². The molecule has 7 heteroatoms. The standard InChI is InChI=1S/C11H13NO5S/c1-7-2-3-10(18(14,15)16)8(4-7)5-9-6-12-11(13)17-9/h2-4,9H,5-6H2,1H3,(H,12,13)(H,14,15,16)/t9-/m1/s1. The van der Waals surface area contributed by atoms with Gasteiger partial charge in [-0.05, 0) is 18.6 Å². The Morgan fingerprint density at radius 3 is 2.78 bits per heavy atom. The van der Waals surface area contributed by atoms with Crippen molar-refractivity contribution in [2.24, 2.45) is 0 Å². The van der Waals surface area contributed by atoms with E-state index < -0.39 is 22.3 Å². The van der Waals surface area contributed by atoms with Crippen molar-refractivity contribution in [3.8, 4) is 0 Å². The van der Waals surface area contributed by atoms with Gasteiger partial charge in [-0.2, -0.15) is 8.42 Å². The van der Waals surface area contributed by atoms with Crippen LogP contribution >= 0.6 is 0 Å². The monoisotopic (exact) mass is 271 g/mol. The predicted octanol–water partition coefficient (Wildman–Crippen LogP) is 0.893. The molecule has 0 unspecified atom stereocenters. The van der Waals surface area contributed by atoms with Gasteiger partial charge in [0.25, 0.3) is 10.1 Å². The molecule has 98 valence electrons. The SMILES string of the molecule is Cc1ccc(S(=O)(=O)O)c(C[C@@H]2CNC(=O)O2)c1. The Morgan fingerprint density at radius 1 is 1.50 bits per heavy atom. The fraction of sp³-hybridized carbons (Fsp3) is 0.364. The molecule has 6 nitrogen and oxygen atoms in total. The summed E-state index contributed by atoms with van der Waals surface area (Å²) in [4.78, 5) is 10.7. The van der Waals surface area contributed by atoms with Crippen molar-refractivity contribution in [3.63, 3.8) is 0 Å². The number of amides is 1. The number of nitrogens with one attached hydrogen (secondary N) is 1. The molecule has 1 saturated heterocycles. The maximum Gasteiger partial charge on any atom is 0.407 e. The van der Waals surface area contributed by atoms with E-state index in [1.807, 2.05) is 6.92 Å². The van der Waals surface area contributed by atoms with Crippen LogP contribution in [0.15, 0.2) is 23.1 Å². The molecule has 2 N–H and O–H groups in total. The average molecular weight is 271 g/mol. The van der Waals surface area contributed by atoms with E-state index in [1.54, 1.807) is 12.1 Å². The second-order valence-corrected chi connectivity index (χ2v) is 5.59. The molecular formula is C11H13NO5S. The maximum absolute atomic E-state index is 11.2. The lowest BCUT2D eigenvalue weighted by molar-refractivity contribution is 0.140. The predicted molar refractivity (Wildman–Crippen MR) is 63.0 cm³/mol. The van der Waals surface area contributed by atoms with Gasteiger partial charge in [0, 0.05) is 6.42 Å². The fourth-order valence-electron chi connectivity index (χ4n) is 1.91. The van der Waals surface area contributed by atoms with E-state index in [0.29, 0.717) is 12.1 Å². The zero-order valence-corrected chi connectivity index (χ0v) is 10.5. The Hall–Kier alpha value is -1.60. The van der Waals surface area contributed by atoms with Crippen molar-refractivity contribution < 1.29 is 22.5 Å². The summed E-state index contributed by atoms with van der Waals surface area (Å²) in [5.74, 6) is 0. The third-order valence-corrected chi connectivity index (χ3v) is 3.64. The van der Waals surface area contributed by atoms with Gasteiger partial charge in [-0.3, -0.25) is 4.55 Å². The molecule has 0 radical (unpaired) electrons. The third kappa shape index (κ3) is 2.80. The first-order valence-electron chi connectivity index (χ1n) is 5.38. The molecule has 1 aliphatic rings. The van der Waals surface area contributed by atoms with Crippen molar-refractivity contribution >= 4 is 16.2 Å². The van der Waals surface area contributed by atoms with Gasteiger partial charge in [-0.15, -0.1) is 0 Å². The number of cyclic esters (lactones) is 1. The minimum atomic E-state index is -4.27. The van der Waals surface area contributed by atoms with Gasteiger partial charge < -0.3 is 10.1 Å². The molecule has 1 atom stereocenters. The van der Waals surface area contributed by atoms with Gasteiger partial charge in [0.1, 0.15) is 6.10 Å². The van der Waals surface area contributed by atoms with Crippen LogP contribution in [0, 0.1) is 6.92 Å². The molecule has 1 aromatic rings. The first kappa shape index (κ1) is 12.8. The van der Waals surface area contributed by atoms with Crippen molar-refractivity contribution in [2.75, 3.05) is 6.54 Å². The summed E-state index contributed by atoms with van der Waals surface area (Å²) in [5, 5.41) is 2.49. The molecule has 1 heterocycles. The van der Waals surface area contributed by atoms with Gasteiger partial charge >= 0.3 is 6.09 Å². The van der Waals surface area contributed by atoms with Crippen LogP contribution in [0.5, 0.6) is 0 Å².